The maximum atomic E-state index is 11.5. The van der Waals surface area contributed by atoms with Crippen LogP contribution < -0.4 is 10.1 Å². The molecule has 0 unspecified atom stereocenters. The second-order valence-electron chi connectivity index (χ2n) is 4.36. The van der Waals surface area contributed by atoms with Gasteiger partial charge in [-0.3, -0.25) is 4.79 Å². The molecule has 0 aliphatic carbocycles. The van der Waals surface area contributed by atoms with Gasteiger partial charge >= 0.3 is 0 Å². The van der Waals surface area contributed by atoms with E-state index in [-0.39, 0.29) is 19.1 Å². The molecule has 0 saturated carbocycles. The van der Waals surface area contributed by atoms with Crippen LogP contribution in [-0.4, -0.2) is 30.8 Å². The zero-order valence-electron chi connectivity index (χ0n) is 11.1. The molecule has 1 amide bonds. The second-order valence-corrected chi connectivity index (χ2v) is 5.21. The first-order valence-electron chi connectivity index (χ1n) is 6.40. The molecule has 0 aromatic heterocycles. The standard InChI is InChI=1S/C14H20BrNO3/c1-11-5-6-13(12(15)9-11)19-10-14(18)16-7-3-2-4-8-17/h5-6,9,17H,2-4,7-8,10H2,1H3,(H,16,18). The molecule has 1 aromatic carbocycles. The van der Waals surface area contributed by atoms with Crippen molar-refractivity contribution in [2.75, 3.05) is 19.8 Å². The number of ether oxygens (including phenoxy) is 1. The van der Waals surface area contributed by atoms with Crippen LogP contribution in [0, 0.1) is 6.92 Å². The maximum Gasteiger partial charge on any atom is 0.257 e. The first-order valence-corrected chi connectivity index (χ1v) is 7.19. The number of hydrogen-bond donors (Lipinski definition) is 2. The minimum absolute atomic E-state index is 0.0155. The lowest BCUT2D eigenvalue weighted by molar-refractivity contribution is -0.123. The molecule has 2 N–H and O–H groups in total. The second kappa shape index (κ2) is 8.93. The zero-order chi connectivity index (χ0) is 14.1. The van der Waals surface area contributed by atoms with E-state index >= 15 is 0 Å². The quantitative estimate of drug-likeness (QED) is 0.720. The van der Waals surface area contributed by atoms with E-state index in [1.807, 2.05) is 25.1 Å². The summed E-state index contributed by atoms with van der Waals surface area (Å²) in [7, 11) is 0. The Morgan fingerprint density at radius 3 is 2.84 bits per heavy atom. The van der Waals surface area contributed by atoms with Crippen LogP contribution in [0.1, 0.15) is 24.8 Å². The highest BCUT2D eigenvalue weighted by molar-refractivity contribution is 9.10. The summed E-state index contributed by atoms with van der Waals surface area (Å²) < 4.78 is 6.28. The molecule has 1 rings (SSSR count). The zero-order valence-corrected chi connectivity index (χ0v) is 12.7. The van der Waals surface area contributed by atoms with Crippen molar-refractivity contribution in [2.45, 2.75) is 26.2 Å². The van der Waals surface area contributed by atoms with E-state index in [2.05, 4.69) is 21.2 Å². The van der Waals surface area contributed by atoms with Gasteiger partial charge in [0.2, 0.25) is 0 Å². The van der Waals surface area contributed by atoms with E-state index in [1.165, 1.54) is 0 Å². The fourth-order valence-electron chi connectivity index (χ4n) is 1.56. The van der Waals surface area contributed by atoms with Gasteiger partial charge in [-0.2, -0.15) is 0 Å². The van der Waals surface area contributed by atoms with Gasteiger partial charge in [0.05, 0.1) is 4.47 Å². The summed E-state index contributed by atoms with van der Waals surface area (Å²) in [6.45, 7) is 2.84. The lowest BCUT2D eigenvalue weighted by Gasteiger charge is -2.09. The number of aliphatic hydroxyl groups is 1. The van der Waals surface area contributed by atoms with Crippen LogP contribution in [0.5, 0.6) is 5.75 Å². The molecule has 4 nitrogen and oxygen atoms in total. The molecule has 0 spiro atoms. The molecule has 0 heterocycles. The average Bonchev–Trinajstić information content (AvgIpc) is 2.37. The van der Waals surface area contributed by atoms with Crippen molar-refractivity contribution in [1.82, 2.24) is 5.32 Å². The Labute approximate surface area is 122 Å². The maximum absolute atomic E-state index is 11.5. The molecule has 0 aliphatic rings. The van der Waals surface area contributed by atoms with E-state index in [0.717, 1.165) is 29.3 Å². The van der Waals surface area contributed by atoms with Crippen molar-refractivity contribution < 1.29 is 14.6 Å². The van der Waals surface area contributed by atoms with E-state index in [0.29, 0.717) is 12.3 Å². The molecular formula is C14H20BrNO3. The van der Waals surface area contributed by atoms with Crippen LogP contribution in [0.15, 0.2) is 22.7 Å². The number of halogens is 1. The van der Waals surface area contributed by atoms with E-state index in [9.17, 15) is 4.79 Å². The van der Waals surface area contributed by atoms with E-state index in [1.54, 1.807) is 0 Å². The molecule has 0 bridgehead atoms. The molecule has 106 valence electrons. The number of benzene rings is 1. The van der Waals surface area contributed by atoms with Crippen molar-refractivity contribution >= 4 is 21.8 Å². The monoisotopic (exact) mass is 329 g/mol. The summed E-state index contributed by atoms with van der Waals surface area (Å²) in [6.07, 6.45) is 2.57. The van der Waals surface area contributed by atoms with Gasteiger partial charge in [0.1, 0.15) is 5.75 Å². The summed E-state index contributed by atoms with van der Waals surface area (Å²) in [5.41, 5.74) is 1.13. The fraction of sp³-hybridized carbons (Fsp3) is 0.500. The number of nitrogens with one attached hydrogen (secondary N) is 1. The third-order valence-electron chi connectivity index (χ3n) is 2.60. The van der Waals surface area contributed by atoms with Crippen LogP contribution in [0.4, 0.5) is 0 Å². The lowest BCUT2D eigenvalue weighted by atomic mass is 10.2. The number of carbonyl (C=O) groups is 1. The highest BCUT2D eigenvalue weighted by Crippen LogP contribution is 2.25. The SMILES string of the molecule is Cc1ccc(OCC(=O)NCCCCCO)c(Br)c1. The summed E-state index contributed by atoms with van der Waals surface area (Å²) in [5, 5.41) is 11.4. The summed E-state index contributed by atoms with van der Waals surface area (Å²) >= 11 is 3.40. The minimum Gasteiger partial charge on any atom is -0.483 e. The highest BCUT2D eigenvalue weighted by Gasteiger charge is 2.05. The van der Waals surface area contributed by atoms with Crippen LogP contribution in [0.25, 0.3) is 0 Å². The number of unbranched alkanes of at least 4 members (excludes halogenated alkanes) is 2. The Bertz CT molecular complexity index is 410. The number of hydrogen-bond acceptors (Lipinski definition) is 3. The van der Waals surface area contributed by atoms with Gasteiger partial charge in [-0.15, -0.1) is 0 Å². The number of aryl methyl sites for hydroxylation is 1. The third-order valence-corrected chi connectivity index (χ3v) is 3.22. The number of aliphatic hydroxyl groups excluding tert-OH is 1. The van der Waals surface area contributed by atoms with Crippen molar-refractivity contribution in [3.63, 3.8) is 0 Å². The minimum atomic E-state index is -0.128. The lowest BCUT2D eigenvalue weighted by Crippen LogP contribution is -2.29. The number of rotatable bonds is 8. The van der Waals surface area contributed by atoms with Gasteiger partial charge in [-0.25, -0.2) is 0 Å². The molecule has 19 heavy (non-hydrogen) atoms. The molecule has 1 aromatic rings. The normalized spacial score (nSPS) is 10.3. The van der Waals surface area contributed by atoms with Crippen LogP contribution in [0.3, 0.4) is 0 Å². The third kappa shape index (κ3) is 6.59. The van der Waals surface area contributed by atoms with E-state index < -0.39 is 0 Å². The predicted molar refractivity (Wildman–Crippen MR) is 78.3 cm³/mol. The van der Waals surface area contributed by atoms with Crippen molar-refractivity contribution in [3.05, 3.63) is 28.2 Å². The van der Waals surface area contributed by atoms with Crippen LogP contribution in [-0.2, 0) is 4.79 Å². The van der Waals surface area contributed by atoms with Gasteiger partial charge < -0.3 is 15.2 Å². The Balaban J connectivity index is 2.22. The fourth-order valence-corrected chi connectivity index (χ4v) is 2.17. The van der Waals surface area contributed by atoms with Gasteiger partial charge in [-0.1, -0.05) is 6.07 Å². The number of amides is 1. The van der Waals surface area contributed by atoms with Crippen molar-refractivity contribution in [3.8, 4) is 5.75 Å². The first kappa shape index (κ1) is 16.0. The average molecular weight is 330 g/mol. The number of carbonyl (C=O) groups excluding carboxylic acids is 1. The van der Waals surface area contributed by atoms with Crippen LogP contribution >= 0.6 is 15.9 Å². The smallest absolute Gasteiger partial charge is 0.257 e. The Kier molecular flexibility index (Phi) is 7.52. The predicted octanol–water partition coefficient (Wildman–Crippen LogP) is 2.42. The van der Waals surface area contributed by atoms with Gasteiger partial charge in [-0.05, 0) is 59.8 Å². The molecule has 0 fully saturated rings. The van der Waals surface area contributed by atoms with Gasteiger partial charge in [0.25, 0.3) is 5.91 Å². The largest absolute Gasteiger partial charge is 0.483 e. The van der Waals surface area contributed by atoms with E-state index in [4.69, 9.17) is 9.84 Å². The Morgan fingerprint density at radius 1 is 1.37 bits per heavy atom. The Hall–Kier alpha value is -1.07. The first-order chi connectivity index (χ1) is 9.13. The molecule has 5 heteroatoms. The Morgan fingerprint density at radius 2 is 2.16 bits per heavy atom. The molecule has 0 atom stereocenters. The summed E-state index contributed by atoms with van der Waals surface area (Å²) in [4.78, 5) is 11.5. The molecular weight excluding hydrogens is 310 g/mol. The summed E-state index contributed by atoms with van der Waals surface area (Å²) in [5.74, 6) is 0.539. The topological polar surface area (TPSA) is 58.6 Å². The molecule has 0 aliphatic heterocycles. The molecule has 0 radical (unpaired) electrons. The highest BCUT2D eigenvalue weighted by atomic mass is 79.9. The molecule has 0 saturated heterocycles. The van der Waals surface area contributed by atoms with Crippen LogP contribution in [0.2, 0.25) is 0 Å². The van der Waals surface area contributed by atoms with Crippen molar-refractivity contribution in [1.29, 1.82) is 0 Å². The summed E-state index contributed by atoms with van der Waals surface area (Å²) in [6, 6.07) is 5.73. The van der Waals surface area contributed by atoms with Crippen molar-refractivity contribution in [2.24, 2.45) is 0 Å². The van der Waals surface area contributed by atoms with Gasteiger partial charge in [0, 0.05) is 13.2 Å². The van der Waals surface area contributed by atoms with Gasteiger partial charge in [0.15, 0.2) is 6.61 Å².